The van der Waals surface area contributed by atoms with E-state index >= 15 is 0 Å². The van der Waals surface area contributed by atoms with Crippen molar-refractivity contribution in [1.82, 2.24) is 0 Å². The Morgan fingerprint density at radius 1 is 1.18 bits per heavy atom. The van der Waals surface area contributed by atoms with Crippen LogP contribution in [0.15, 0.2) is 29.3 Å². The molecule has 0 amide bonds. The summed E-state index contributed by atoms with van der Waals surface area (Å²) in [7, 11) is 0. The predicted octanol–water partition coefficient (Wildman–Crippen LogP) is 2.72. The molecule has 1 aromatic carbocycles. The van der Waals surface area contributed by atoms with Gasteiger partial charge in [-0.05, 0) is 24.3 Å². The summed E-state index contributed by atoms with van der Waals surface area (Å²) in [5.41, 5.74) is 0.182. The van der Waals surface area contributed by atoms with Gasteiger partial charge in [-0.15, -0.1) is 0 Å². The van der Waals surface area contributed by atoms with Crippen LogP contribution in [0.2, 0.25) is 0 Å². The SMILES string of the molecule is O=C1CC(=Nc2ccc(C(F)(F)F)cc2)CO1. The standard InChI is InChI=1S/C11H8F3NO2/c12-11(13,14)7-1-3-8(4-2-7)15-9-5-10(16)17-6-9/h1-4H,5-6H2. The lowest BCUT2D eigenvalue weighted by molar-refractivity contribution is -0.138. The van der Waals surface area contributed by atoms with Crippen LogP contribution in [0.1, 0.15) is 12.0 Å². The molecule has 90 valence electrons. The summed E-state index contributed by atoms with van der Waals surface area (Å²) in [6.07, 6.45) is -4.25. The number of esters is 1. The van der Waals surface area contributed by atoms with E-state index in [2.05, 4.69) is 9.73 Å². The average Bonchev–Trinajstić information content (AvgIpc) is 2.63. The maximum atomic E-state index is 12.3. The Morgan fingerprint density at radius 2 is 1.82 bits per heavy atom. The number of carbonyl (C=O) groups is 1. The predicted molar refractivity (Wildman–Crippen MR) is 54.1 cm³/mol. The zero-order chi connectivity index (χ0) is 12.5. The third-order valence-electron chi connectivity index (χ3n) is 2.23. The second-order valence-corrected chi connectivity index (χ2v) is 3.56. The number of cyclic esters (lactones) is 1. The number of nitrogens with zero attached hydrogens (tertiary/aromatic N) is 1. The van der Waals surface area contributed by atoms with Crippen molar-refractivity contribution in [3.63, 3.8) is 0 Å². The minimum absolute atomic E-state index is 0.0982. The molecule has 0 spiro atoms. The van der Waals surface area contributed by atoms with Gasteiger partial charge in [0.2, 0.25) is 0 Å². The Morgan fingerprint density at radius 3 is 2.29 bits per heavy atom. The van der Waals surface area contributed by atoms with Gasteiger partial charge in [0, 0.05) is 0 Å². The zero-order valence-electron chi connectivity index (χ0n) is 8.62. The lowest BCUT2D eigenvalue weighted by Crippen LogP contribution is -2.03. The van der Waals surface area contributed by atoms with Gasteiger partial charge < -0.3 is 4.74 Å². The van der Waals surface area contributed by atoms with E-state index in [1.165, 1.54) is 12.1 Å². The largest absolute Gasteiger partial charge is 0.459 e. The fourth-order valence-corrected chi connectivity index (χ4v) is 1.41. The molecule has 0 atom stereocenters. The molecule has 0 aromatic heterocycles. The Bertz CT molecular complexity index is 463. The molecule has 0 saturated carbocycles. The quantitative estimate of drug-likeness (QED) is 0.711. The number of aliphatic imine (C=N–C) groups is 1. The Labute approximate surface area is 94.9 Å². The number of ether oxygens (including phenoxy) is 1. The molecular formula is C11H8F3NO2. The monoisotopic (exact) mass is 243 g/mol. The number of hydrogen-bond acceptors (Lipinski definition) is 3. The number of benzene rings is 1. The van der Waals surface area contributed by atoms with Crippen molar-refractivity contribution in [2.75, 3.05) is 6.61 Å². The van der Waals surface area contributed by atoms with E-state index < -0.39 is 11.7 Å². The molecule has 1 aliphatic heterocycles. The first-order chi connectivity index (χ1) is 7.95. The van der Waals surface area contributed by atoms with Crippen LogP contribution in [0.25, 0.3) is 0 Å². The van der Waals surface area contributed by atoms with Gasteiger partial charge in [-0.1, -0.05) is 0 Å². The van der Waals surface area contributed by atoms with Crippen LogP contribution >= 0.6 is 0 Å². The maximum absolute atomic E-state index is 12.3. The molecule has 0 aliphatic carbocycles. The molecule has 3 nitrogen and oxygen atoms in total. The van der Waals surface area contributed by atoms with Crippen molar-refractivity contribution in [1.29, 1.82) is 0 Å². The Hall–Kier alpha value is -1.85. The molecular weight excluding hydrogens is 235 g/mol. The summed E-state index contributed by atoms with van der Waals surface area (Å²) in [6, 6.07) is 4.44. The van der Waals surface area contributed by atoms with E-state index in [9.17, 15) is 18.0 Å². The van der Waals surface area contributed by atoms with Crippen molar-refractivity contribution in [2.24, 2.45) is 4.99 Å². The van der Waals surface area contributed by atoms with Crippen molar-refractivity contribution in [3.05, 3.63) is 29.8 Å². The van der Waals surface area contributed by atoms with E-state index in [-0.39, 0.29) is 19.0 Å². The second-order valence-electron chi connectivity index (χ2n) is 3.56. The van der Waals surface area contributed by atoms with E-state index in [4.69, 9.17) is 0 Å². The topological polar surface area (TPSA) is 38.7 Å². The van der Waals surface area contributed by atoms with Crippen LogP contribution in [-0.2, 0) is 15.7 Å². The molecule has 0 radical (unpaired) electrons. The highest BCUT2D eigenvalue weighted by Crippen LogP contribution is 2.30. The molecule has 17 heavy (non-hydrogen) atoms. The number of rotatable bonds is 1. The average molecular weight is 243 g/mol. The van der Waals surface area contributed by atoms with Crippen molar-refractivity contribution < 1.29 is 22.7 Å². The fourth-order valence-electron chi connectivity index (χ4n) is 1.41. The van der Waals surface area contributed by atoms with E-state index in [1.807, 2.05) is 0 Å². The molecule has 0 N–H and O–H groups in total. The summed E-state index contributed by atoms with van der Waals surface area (Å²) < 4.78 is 41.5. The Kier molecular flexibility index (Phi) is 2.87. The molecule has 1 aliphatic rings. The highest BCUT2D eigenvalue weighted by Gasteiger charge is 2.30. The lowest BCUT2D eigenvalue weighted by atomic mass is 10.2. The molecule has 1 saturated heterocycles. The first-order valence-electron chi connectivity index (χ1n) is 4.84. The van der Waals surface area contributed by atoms with E-state index in [0.717, 1.165) is 12.1 Å². The summed E-state index contributed by atoms with van der Waals surface area (Å²) in [5.74, 6) is -0.365. The van der Waals surface area contributed by atoms with Gasteiger partial charge in [0.15, 0.2) is 0 Å². The smallest absolute Gasteiger partial charge is 0.416 e. The third kappa shape index (κ3) is 2.83. The third-order valence-corrected chi connectivity index (χ3v) is 2.23. The van der Waals surface area contributed by atoms with Gasteiger partial charge in [0.25, 0.3) is 0 Å². The molecule has 0 unspecified atom stereocenters. The first-order valence-corrected chi connectivity index (χ1v) is 4.84. The highest BCUT2D eigenvalue weighted by atomic mass is 19.4. The van der Waals surface area contributed by atoms with Crippen LogP contribution in [0, 0.1) is 0 Å². The number of halogens is 3. The number of carbonyl (C=O) groups excluding carboxylic acids is 1. The molecule has 0 bridgehead atoms. The fraction of sp³-hybridized carbons (Fsp3) is 0.273. The van der Waals surface area contributed by atoms with Gasteiger partial charge >= 0.3 is 12.1 Å². The van der Waals surface area contributed by atoms with Crippen LogP contribution in [0.3, 0.4) is 0 Å². The summed E-state index contributed by atoms with van der Waals surface area (Å²) in [5, 5.41) is 0. The van der Waals surface area contributed by atoms with Gasteiger partial charge in [-0.2, -0.15) is 13.2 Å². The second kappa shape index (κ2) is 4.20. The van der Waals surface area contributed by atoms with Gasteiger partial charge in [-0.25, -0.2) is 0 Å². The molecule has 6 heteroatoms. The van der Waals surface area contributed by atoms with Crippen molar-refractivity contribution in [3.8, 4) is 0 Å². The highest BCUT2D eigenvalue weighted by molar-refractivity contribution is 6.05. The molecule has 1 fully saturated rings. The first kappa shape index (κ1) is 11.6. The summed E-state index contributed by atoms with van der Waals surface area (Å²) in [4.78, 5) is 14.8. The minimum Gasteiger partial charge on any atom is -0.459 e. The number of hydrogen-bond donors (Lipinski definition) is 0. The van der Waals surface area contributed by atoms with Crippen molar-refractivity contribution in [2.45, 2.75) is 12.6 Å². The van der Waals surface area contributed by atoms with Crippen molar-refractivity contribution >= 4 is 17.4 Å². The van der Waals surface area contributed by atoms with Crippen LogP contribution in [0.5, 0.6) is 0 Å². The summed E-state index contributed by atoms with van der Waals surface area (Å²) >= 11 is 0. The van der Waals surface area contributed by atoms with Gasteiger partial charge in [-0.3, -0.25) is 9.79 Å². The van der Waals surface area contributed by atoms with Crippen LogP contribution < -0.4 is 0 Å². The Balaban J connectivity index is 2.16. The van der Waals surface area contributed by atoms with Crippen LogP contribution in [-0.4, -0.2) is 18.3 Å². The van der Waals surface area contributed by atoms with Gasteiger partial charge in [0.05, 0.1) is 23.4 Å². The summed E-state index contributed by atoms with van der Waals surface area (Å²) in [6.45, 7) is 0.111. The van der Waals surface area contributed by atoms with Crippen LogP contribution in [0.4, 0.5) is 18.9 Å². The maximum Gasteiger partial charge on any atom is 0.416 e. The zero-order valence-corrected chi connectivity index (χ0v) is 8.62. The number of alkyl halides is 3. The van der Waals surface area contributed by atoms with E-state index in [0.29, 0.717) is 11.4 Å². The van der Waals surface area contributed by atoms with E-state index in [1.54, 1.807) is 0 Å². The molecule has 1 heterocycles. The van der Waals surface area contributed by atoms with Gasteiger partial charge in [0.1, 0.15) is 6.61 Å². The minimum atomic E-state index is -4.35. The normalized spacial score (nSPS) is 18.5. The molecule has 1 aromatic rings. The lowest BCUT2D eigenvalue weighted by Gasteiger charge is -2.05. The molecule has 2 rings (SSSR count).